The van der Waals surface area contributed by atoms with Crippen LogP contribution in [0.2, 0.25) is 0 Å². The Morgan fingerprint density at radius 2 is 2.05 bits per heavy atom. The second kappa shape index (κ2) is 5.29. The van der Waals surface area contributed by atoms with Crippen LogP contribution in [0.25, 0.3) is 11.2 Å². The number of hydrogen-bond acceptors (Lipinski definition) is 8. The molecule has 0 amide bonds. The Kier molecular flexibility index (Phi) is 3.86. The number of aromatic nitrogens is 5. The molecule has 1 atom stereocenters. The molecule has 2 aromatic heterocycles. The van der Waals surface area contributed by atoms with Gasteiger partial charge in [0.2, 0.25) is 11.6 Å². The highest BCUT2D eigenvalue weighted by molar-refractivity contribution is 7.51. The molecule has 0 spiro atoms. The van der Waals surface area contributed by atoms with Gasteiger partial charge >= 0.3 is 7.60 Å². The Balaban J connectivity index is 2.10. The molecule has 0 bridgehead atoms. The lowest BCUT2D eigenvalue weighted by Crippen LogP contribution is -2.19. The van der Waals surface area contributed by atoms with Gasteiger partial charge in [0.1, 0.15) is 6.35 Å². The fraction of sp³-hybridized carbons (Fsp3) is 0.500. The van der Waals surface area contributed by atoms with Gasteiger partial charge < -0.3 is 26.0 Å². The first-order valence-corrected chi connectivity index (χ1v) is 7.34. The van der Waals surface area contributed by atoms with E-state index in [0.717, 1.165) is 0 Å². The molecular formula is C8H14N7O4P. The van der Waals surface area contributed by atoms with E-state index in [9.17, 15) is 4.57 Å². The average molecular weight is 303 g/mol. The van der Waals surface area contributed by atoms with E-state index in [4.69, 9.17) is 26.0 Å². The molecule has 0 aromatic carbocycles. The quantitative estimate of drug-likeness (QED) is 0.497. The van der Waals surface area contributed by atoms with Crippen molar-refractivity contribution < 1.29 is 19.1 Å². The van der Waals surface area contributed by atoms with Crippen molar-refractivity contribution in [3.05, 3.63) is 0 Å². The molecule has 0 radical (unpaired) electrons. The molecule has 6 N–H and O–H groups in total. The highest BCUT2D eigenvalue weighted by Crippen LogP contribution is 2.34. The van der Waals surface area contributed by atoms with Gasteiger partial charge in [-0.1, -0.05) is 0 Å². The molecule has 0 aliphatic rings. The van der Waals surface area contributed by atoms with Crippen molar-refractivity contribution in [2.45, 2.75) is 19.6 Å². The molecule has 12 heteroatoms. The van der Waals surface area contributed by atoms with Crippen LogP contribution in [0.4, 0.5) is 11.8 Å². The number of nitrogen functional groups attached to an aromatic ring is 2. The van der Waals surface area contributed by atoms with E-state index in [1.165, 1.54) is 4.80 Å². The largest absolute Gasteiger partial charge is 0.382 e. The summed E-state index contributed by atoms with van der Waals surface area (Å²) in [6.07, 6.45) is -1.17. The van der Waals surface area contributed by atoms with Crippen LogP contribution in [0.5, 0.6) is 0 Å². The predicted octanol–water partition coefficient (Wildman–Crippen LogP) is -1.07. The van der Waals surface area contributed by atoms with Crippen LogP contribution in [0, 0.1) is 0 Å². The molecule has 0 saturated heterocycles. The van der Waals surface area contributed by atoms with Crippen molar-refractivity contribution in [2.75, 3.05) is 17.8 Å². The van der Waals surface area contributed by atoms with Crippen LogP contribution in [0.3, 0.4) is 0 Å². The molecule has 2 aromatic rings. The number of rotatable bonds is 5. The average Bonchev–Trinajstić information content (AvgIpc) is 2.68. The maximum atomic E-state index is 10.7. The molecule has 110 valence electrons. The Labute approximate surface area is 113 Å². The van der Waals surface area contributed by atoms with E-state index in [1.807, 2.05) is 0 Å². The summed E-state index contributed by atoms with van der Waals surface area (Å²) in [7, 11) is -4.20. The zero-order valence-corrected chi connectivity index (χ0v) is 11.4. The molecule has 2 heterocycles. The van der Waals surface area contributed by atoms with Gasteiger partial charge in [-0.25, -0.2) is 0 Å². The molecule has 0 fully saturated rings. The maximum Gasteiger partial charge on any atom is 0.350 e. The molecule has 11 nitrogen and oxygen atoms in total. The van der Waals surface area contributed by atoms with Crippen LogP contribution in [-0.4, -0.2) is 47.2 Å². The fourth-order valence-corrected chi connectivity index (χ4v) is 1.93. The van der Waals surface area contributed by atoms with Gasteiger partial charge in [-0.05, 0) is 6.92 Å². The van der Waals surface area contributed by atoms with Crippen LogP contribution < -0.4 is 11.5 Å². The summed E-state index contributed by atoms with van der Waals surface area (Å²) in [5.74, 6) is 0.107. The van der Waals surface area contributed by atoms with Crippen molar-refractivity contribution in [3.63, 3.8) is 0 Å². The maximum absolute atomic E-state index is 10.7. The topological polar surface area (TPSA) is 175 Å². The minimum Gasteiger partial charge on any atom is -0.382 e. The van der Waals surface area contributed by atoms with Gasteiger partial charge in [-0.3, -0.25) is 4.57 Å². The van der Waals surface area contributed by atoms with E-state index in [0.29, 0.717) is 5.52 Å². The van der Waals surface area contributed by atoms with Gasteiger partial charge in [0, 0.05) is 0 Å². The molecule has 0 unspecified atom stereocenters. The lowest BCUT2D eigenvalue weighted by atomic mass is 10.4. The summed E-state index contributed by atoms with van der Waals surface area (Å²) in [5.41, 5.74) is 11.6. The summed E-state index contributed by atoms with van der Waals surface area (Å²) in [5, 5.41) is 8.10. The summed E-state index contributed by atoms with van der Waals surface area (Å²) >= 11 is 0. The Morgan fingerprint density at radius 3 is 2.70 bits per heavy atom. The van der Waals surface area contributed by atoms with E-state index >= 15 is 0 Å². The first-order valence-electron chi connectivity index (χ1n) is 5.54. The van der Waals surface area contributed by atoms with Crippen LogP contribution >= 0.6 is 7.60 Å². The molecular weight excluding hydrogens is 289 g/mol. The molecule has 20 heavy (non-hydrogen) atoms. The number of hydrogen-bond donors (Lipinski definition) is 4. The third kappa shape index (κ3) is 3.61. The zero-order chi connectivity index (χ0) is 14.9. The summed E-state index contributed by atoms with van der Waals surface area (Å²) in [6, 6.07) is 0. The standard InChI is InChI=1S/C8H14N7O4P/c1-4(19-3-20(16,17)18)2-15-13-5-6(9)11-8(10)12-7(5)14-15/h4H,2-3H2,1H3,(H2,16,17,18)(H4,9,10,11,12,14)/t4-/m1/s1. The number of nitrogens with zero attached hydrogens (tertiary/aromatic N) is 5. The molecule has 2 rings (SSSR count). The SMILES string of the molecule is C[C@H](Cn1nc2nc(N)nc(N)c2n1)OCP(=O)(O)O. The Hall–Kier alpha value is -1.81. The second-order valence-electron chi connectivity index (χ2n) is 4.17. The highest BCUT2D eigenvalue weighted by atomic mass is 31.2. The van der Waals surface area contributed by atoms with Crippen molar-refractivity contribution in [3.8, 4) is 0 Å². The van der Waals surface area contributed by atoms with Gasteiger partial charge in [0.25, 0.3) is 0 Å². The zero-order valence-electron chi connectivity index (χ0n) is 10.5. The van der Waals surface area contributed by atoms with Crippen LogP contribution in [0.15, 0.2) is 0 Å². The highest BCUT2D eigenvalue weighted by Gasteiger charge is 2.17. The van der Waals surface area contributed by atoms with E-state index in [1.54, 1.807) is 6.92 Å². The number of fused-ring (bicyclic) bond motifs is 1. The van der Waals surface area contributed by atoms with Crippen LogP contribution in [0.1, 0.15) is 6.92 Å². The van der Waals surface area contributed by atoms with Crippen molar-refractivity contribution in [1.29, 1.82) is 0 Å². The van der Waals surface area contributed by atoms with E-state index < -0.39 is 20.0 Å². The van der Waals surface area contributed by atoms with Gasteiger partial charge in [0.15, 0.2) is 11.3 Å². The fourth-order valence-electron chi connectivity index (χ4n) is 1.48. The third-order valence-electron chi connectivity index (χ3n) is 2.28. The first kappa shape index (κ1) is 14.6. The van der Waals surface area contributed by atoms with Crippen molar-refractivity contribution >= 4 is 30.5 Å². The van der Waals surface area contributed by atoms with Gasteiger partial charge in [0.05, 0.1) is 12.6 Å². The second-order valence-corrected chi connectivity index (χ2v) is 5.75. The predicted molar refractivity (Wildman–Crippen MR) is 69.4 cm³/mol. The third-order valence-corrected chi connectivity index (χ3v) is 2.77. The molecule has 0 aliphatic carbocycles. The van der Waals surface area contributed by atoms with Gasteiger partial charge in [-0.2, -0.15) is 14.8 Å². The monoisotopic (exact) mass is 303 g/mol. The lowest BCUT2D eigenvalue weighted by Gasteiger charge is -2.12. The van der Waals surface area contributed by atoms with Crippen molar-refractivity contribution in [2.24, 2.45) is 0 Å². The molecule has 0 aliphatic heterocycles. The Morgan fingerprint density at radius 1 is 1.35 bits per heavy atom. The lowest BCUT2D eigenvalue weighted by molar-refractivity contribution is 0.0700. The smallest absolute Gasteiger partial charge is 0.350 e. The van der Waals surface area contributed by atoms with Crippen molar-refractivity contribution in [1.82, 2.24) is 25.0 Å². The minimum atomic E-state index is -4.20. The first-order chi connectivity index (χ1) is 9.24. The summed E-state index contributed by atoms with van der Waals surface area (Å²) in [6.45, 7) is 1.81. The molecule has 0 saturated carbocycles. The summed E-state index contributed by atoms with van der Waals surface area (Å²) < 4.78 is 15.7. The summed E-state index contributed by atoms with van der Waals surface area (Å²) in [4.78, 5) is 26.3. The number of nitrogens with two attached hydrogens (primary N) is 2. The number of ether oxygens (including phenoxy) is 1. The minimum absolute atomic E-state index is 0.00662. The Bertz CT molecular complexity index is 668. The normalized spacial score (nSPS) is 13.8. The van der Waals surface area contributed by atoms with E-state index in [-0.39, 0.29) is 24.0 Å². The van der Waals surface area contributed by atoms with Crippen LogP contribution in [-0.2, 0) is 15.8 Å². The van der Waals surface area contributed by atoms with E-state index in [2.05, 4.69) is 20.2 Å². The number of anilines is 2. The van der Waals surface area contributed by atoms with Gasteiger partial charge in [-0.15, -0.1) is 10.2 Å².